The highest BCUT2D eigenvalue weighted by molar-refractivity contribution is 6.10. The lowest BCUT2D eigenvalue weighted by molar-refractivity contribution is 0.476. The SMILES string of the molecule is CC(C)(C)c1cc(-n2c3ccccc3c3ccc(-c4cc(C(C)(C)C)ccc4O)cc32)nc(-n2c3ccccc3c3cccnc32)c1. The van der Waals surface area contributed by atoms with Crippen LogP contribution in [0.25, 0.3) is 66.5 Å². The van der Waals surface area contributed by atoms with Crippen LogP contribution in [0.1, 0.15) is 52.7 Å². The molecule has 0 fully saturated rings. The molecular formula is C42H38N4O. The van der Waals surface area contributed by atoms with Gasteiger partial charge in [-0.25, -0.2) is 9.97 Å². The number of para-hydroxylation sites is 2. The number of fused-ring (bicyclic) bond motifs is 6. The lowest BCUT2D eigenvalue weighted by Gasteiger charge is -2.22. The van der Waals surface area contributed by atoms with Gasteiger partial charge in [-0.2, -0.15) is 0 Å². The zero-order valence-electron chi connectivity index (χ0n) is 27.7. The predicted molar refractivity (Wildman–Crippen MR) is 195 cm³/mol. The van der Waals surface area contributed by atoms with E-state index in [-0.39, 0.29) is 16.6 Å². The van der Waals surface area contributed by atoms with E-state index >= 15 is 0 Å². The van der Waals surface area contributed by atoms with E-state index in [1.165, 1.54) is 11.1 Å². The van der Waals surface area contributed by atoms with E-state index in [9.17, 15) is 5.11 Å². The minimum atomic E-state index is -0.137. The lowest BCUT2D eigenvalue weighted by Crippen LogP contribution is -2.14. The number of hydrogen-bond acceptors (Lipinski definition) is 3. The maximum atomic E-state index is 11.1. The number of rotatable bonds is 3. The molecule has 0 radical (unpaired) electrons. The van der Waals surface area contributed by atoms with Crippen LogP contribution in [0.2, 0.25) is 0 Å². The van der Waals surface area contributed by atoms with Crippen molar-refractivity contribution in [1.82, 2.24) is 19.1 Å². The maximum absolute atomic E-state index is 11.1. The molecule has 5 nitrogen and oxygen atoms in total. The fourth-order valence-electron chi connectivity index (χ4n) is 6.81. The van der Waals surface area contributed by atoms with Crippen molar-refractivity contribution >= 4 is 43.7 Å². The Morgan fingerprint density at radius 3 is 1.83 bits per heavy atom. The highest BCUT2D eigenvalue weighted by Gasteiger charge is 2.23. The van der Waals surface area contributed by atoms with Crippen molar-refractivity contribution in [1.29, 1.82) is 0 Å². The average Bonchev–Trinajstić information content (AvgIpc) is 3.56. The van der Waals surface area contributed by atoms with Gasteiger partial charge in [0.05, 0.1) is 16.6 Å². The molecule has 0 aliphatic rings. The van der Waals surface area contributed by atoms with Gasteiger partial charge in [0.1, 0.15) is 23.0 Å². The number of benzene rings is 4. The van der Waals surface area contributed by atoms with E-state index in [1.54, 1.807) is 0 Å². The number of phenols is 1. The van der Waals surface area contributed by atoms with Crippen LogP contribution in [0.5, 0.6) is 5.75 Å². The van der Waals surface area contributed by atoms with Crippen LogP contribution in [0.4, 0.5) is 0 Å². The zero-order valence-corrected chi connectivity index (χ0v) is 27.7. The Kier molecular flexibility index (Phi) is 6.36. The summed E-state index contributed by atoms with van der Waals surface area (Å²) in [5, 5.41) is 15.6. The summed E-state index contributed by atoms with van der Waals surface area (Å²) in [6.07, 6.45) is 1.85. The van der Waals surface area contributed by atoms with Crippen LogP contribution in [0.3, 0.4) is 0 Å². The first kappa shape index (κ1) is 29.0. The summed E-state index contributed by atoms with van der Waals surface area (Å²) in [6.45, 7) is 13.3. The van der Waals surface area contributed by atoms with Crippen molar-refractivity contribution in [2.75, 3.05) is 0 Å². The van der Waals surface area contributed by atoms with E-state index in [2.05, 4.69) is 142 Å². The molecule has 47 heavy (non-hydrogen) atoms. The van der Waals surface area contributed by atoms with Crippen LogP contribution in [-0.2, 0) is 10.8 Å². The fraction of sp³-hybridized carbons (Fsp3) is 0.190. The largest absolute Gasteiger partial charge is 0.507 e. The van der Waals surface area contributed by atoms with E-state index in [1.807, 2.05) is 24.4 Å². The van der Waals surface area contributed by atoms with Gasteiger partial charge in [0.2, 0.25) is 0 Å². The Morgan fingerprint density at radius 1 is 0.532 bits per heavy atom. The highest BCUT2D eigenvalue weighted by Crippen LogP contribution is 2.40. The molecule has 0 atom stereocenters. The van der Waals surface area contributed by atoms with Crippen LogP contribution >= 0.6 is 0 Å². The van der Waals surface area contributed by atoms with E-state index in [4.69, 9.17) is 9.97 Å². The standard InChI is InChI=1S/C42H38N4O/c1-41(2,3)27-18-20-37(47)33(23-27)26-17-19-31-29-12-7-9-15-34(29)45(36(31)22-26)38-24-28(42(4,5)6)25-39(44-38)46-35-16-10-8-13-30(35)32-14-11-21-43-40(32)46/h7-25,47H,1-6H3. The molecule has 8 aromatic rings. The van der Waals surface area contributed by atoms with Crippen molar-refractivity contribution < 1.29 is 5.11 Å². The molecule has 0 bridgehead atoms. The summed E-state index contributed by atoms with van der Waals surface area (Å²) in [5.74, 6) is 1.94. The minimum Gasteiger partial charge on any atom is -0.507 e. The third kappa shape index (κ3) is 4.68. The third-order valence-corrected chi connectivity index (χ3v) is 9.40. The third-order valence-electron chi connectivity index (χ3n) is 9.40. The molecule has 4 aromatic carbocycles. The number of aromatic hydroxyl groups is 1. The van der Waals surface area contributed by atoms with E-state index < -0.39 is 0 Å². The Labute approximate surface area is 274 Å². The normalized spacial score (nSPS) is 12.6. The molecule has 0 saturated carbocycles. The van der Waals surface area contributed by atoms with Crippen molar-refractivity contribution in [3.05, 3.63) is 127 Å². The van der Waals surface area contributed by atoms with Crippen LogP contribution in [0.15, 0.2) is 115 Å². The Hall–Kier alpha value is -5.42. The molecular weight excluding hydrogens is 576 g/mol. The molecule has 232 valence electrons. The molecule has 1 N–H and O–H groups in total. The van der Waals surface area contributed by atoms with Crippen LogP contribution < -0.4 is 0 Å². The van der Waals surface area contributed by atoms with Crippen molar-refractivity contribution in [3.63, 3.8) is 0 Å². The van der Waals surface area contributed by atoms with E-state index in [0.29, 0.717) is 0 Å². The fourth-order valence-corrected chi connectivity index (χ4v) is 6.81. The second-order valence-electron chi connectivity index (χ2n) is 14.6. The van der Waals surface area contributed by atoms with Crippen molar-refractivity contribution in [3.8, 4) is 28.5 Å². The van der Waals surface area contributed by atoms with Gasteiger partial charge in [0.25, 0.3) is 0 Å². The summed E-state index contributed by atoms with van der Waals surface area (Å²) in [7, 11) is 0. The first-order chi connectivity index (χ1) is 22.5. The topological polar surface area (TPSA) is 55.9 Å². The zero-order chi connectivity index (χ0) is 32.7. The molecule has 4 aromatic heterocycles. The van der Waals surface area contributed by atoms with Gasteiger partial charge in [0.15, 0.2) is 0 Å². The maximum Gasteiger partial charge on any atom is 0.146 e. The molecule has 8 rings (SSSR count). The minimum absolute atomic E-state index is 0.0448. The number of hydrogen-bond donors (Lipinski definition) is 1. The van der Waals surface area contributed by atoms with Gasteiger partial charge in [-0.3, -0.25) is 9.13 Å². The van der Waals surface area contributed by atoms with Crippen LogP contribution in [0, 0.1) is 0 Å². The van der Waals surface area contributed by atoms with E-state index in [0.717, 1.165) is 66.5 Å². The van der Waals surface area contributed by atoms with Crippen molar-refractivity contribution in [2.24, 2.45) is 0 Å². The average molecular weight is 615 g/mol. The lowest BCUT2D eigenvalue weighted by atomic mass is 9.85. The van der Waals surface area contributed by atoms with Crippen molar-refractivity contribution in [2.45, 2.75) is 52.4 Å². The molecule has 0 spiro atoms. The van der Waals surface area contributed by atoms with Gasteiger partial charge >= 0.3 is 0 Å². The first-order valence-electron chi connectivity index (χ1n) is 16.2. The number of pyridine rings is 2. The summed E-state index contributed by atoms with van der Waals surface area (Å²) in [5.41, 5.74) is 8.03. The van der Waals surface area contributed by atoms with Gasteiger partial charge in [-0.15, -0.1) is 0 Å². The molecule has 0 unspecified atom stereocenters. The van der Waals surface area contributed by atoms with Gasteiger partial charge in [-0.1, -0.05) is 96.1 Å². The Morgan fingerprint density at radius 2 is 1.13 bits per heavy atom. The van der Waals surface area contributed by atoms with Gasteiger partial charge in [-0.05, 0) is 82.1 Å². The molecule has 0 amide bonds. The van der Waals surface area contributed by atoms with Gasteiger partial charge < -0.3 is 5.11 Å². The number of aromatic nitrogens is 4. The molecule has 0 aliphatic heterocycles. The second-order valence-corrected chi connectivity index (χ2v) is 14.6. The molecule has 0 saturated heterocycles. The summed E-state index contributed by atoms with van der Waals surface area (Å²) in [4.78, 5) is 10.3. The molecule has 0 aliphatic carbocycles. The highest BCUT2D eigenvalue weighted by atomic mass is 16.3. The number of nitrogens with zero attached hydrogens (tertiary/aromatic N) is 4. The summed E-state index contributed by atoms with van der Waals surface area (Å²) in [6, 6.07) is 38.0. The van der Waals surface area contributed by atoms with Gasteiger partial charge in [0, 0.05) is 33.3 Å². The predicted octanol–water partition coefficient (Wildman–Crippen LogP) is 10.6. The molecule has 4 heterocycles. The van der Waals surface area contributed by atoms with Crippen LogP contribution in [-0.4, -0.2) is 24.2 Å². The summed E-state index contributed by atoms with van der Waals surface area (Å²) >= 11 is 0. The number of phenolic OH excluding ortho intramolecular Hbond substituents is 1. The summed E-state index contributed by atoms with van der Waals surface area (Å²) < 4.78 is 4.47. The molecule has 5 heteroatoms. The monoisotopic (exact) mass is 614 g/mol. The quantitative estimate of drug-likeness (QED) is 0.215. The first-order valence-corrected chi connectivity index (χ1v) is 16.2. The second kappa shape index (κ2) is 10.3. The smallest absolute Gasteiger partial charge is 0.146 e. The Balaban J connectivity index is 1.44. The Bertz CT molecular complexity index is 2450.